The van der Waals surface area contributed by atoms with E-state index in [1.165, 1.54) is 30.6 Å². The van der Waals surface area contributed by atoms with Crippen LogP contribution in [-0.4, -0.2) is 12.7 Å². The molecule has 0 amide bonds. The molecule has 4 rings (SSSR count). The topological polar surface area (TPSA) is 18.5 Å². The Hall–Kier alpha value is -1.81. The van der Waals surface area contributed by atoms with Crippen molar-refractivity contribution in [2.24, 2.45) is 0 Å². The molecule has 0 radical (unpaired) electrons. The molecule has 0 saturated heterocycles. The van der Waals surface area contributed by atoms with Crippen LogP contribution < -0.4 is 9.47 Å². The van der Waals surface area contributed by atoms with Crippen LogP contribution in [0.25, 0.3) is 20.2 Å². The molecule has 0 N–H and O–H groups in total. The first-order valence-electron chi connectivity index (χ1n) is 9.20. The molecule has 1 fully saturated rings. The summed E-state index contributed by atoms with van der Waals surface area (Å²) in [5, 5.41) is 2.03. The van der Waals surface area contributed by atoms with E-state index in [0.29, 0.717) is 17.1 Å². The van der Waals surface area contributed by atoms with Crippen molar-refractivity contribution in [2.45, 2.75) is 51.6 Å². The average molecular weight is 358 g/mol. The number of ether oxygens (including phenoxy) is 2. The third kappa shape index (κ3) is 3.32. The van der Waals surface area contributed by atoms with Crippen molar-refractivity contribution in [3.63, 3.8) is 0 Å². The number of hydrogen-bond acceptors (Lipinski definition) is 3. The quantitative estimate of drug-likeness (QED) is 0.505. The van der Waals surface area contributed by atoms with Crippen molar-refractivity contribution in [2.75, 3.05) is 6.61 Å². The van der Waals surface area contributed by atoms with Gasteiger partial charge in [-0.3, -0.25) is 0 Å². The maximum absolute atomic E-state index is 15.0. The van der Waals surface area contributed by atoms with Crippen molar-refractivity contribution >= 4 is 31.5 Å². The molecule has 4 heteroatoms. The van der Waals surface area contributed by atoms with Crippen molar-refractivity contribution < 1.29 is 13.9 Å². The zero-order valence-electron chi connectivity index (χ0n) is 14.5. The summed E-state index contributed by atoms with van der Waals surface area (Å²) in [7, 11) is 0. The van der Waals surface area contributed by atoms with Crippen LogP contribution in [-0.2, 0) is 0 Å². The molecule has 2 nitrogen and oxygen atoms in total. The van der Waals surface area contributed by atoms with Crippen LogP contribution in [0.2, 0.25) is 0 Å². The van der Waals surface area contributed by atoms with E-state index in [1.807, 2.05) is 24.3 Å². The van der Waals surface area contributed by atoms with Gasteiger partial charge in [-0.25, -0.2) is 4.39 Å². The van der Waals surface area contributed by atoms with Crippen LogP contribution in [0, 0.1) is 5.82 Å². The normalized spacial score (nSPS) is 15.8. The van der Waals surface area contributed by atoms with Gasteiger partial charge >= 0.3 is 0 Å². The van der Waals surface area contributed by atoms with Crippen molar-refractivity contribution in [3.05, 3.63) is 36.1 Å². The van der Waals surface area contributed by atoms with Crippen LogP contribution in [0.1, 0.15) is 45.4 Å². The lowest BCUT2D eigenvalue weighted by Crippen LogP contribution is -2.20. The van der Waals surface area contributed by atoms with Gasteiger partial charge in [0.05, 0.1) is 17.4 Å². The molecule has 132 valence electrons. The molecule has 2 aromatic carbocycles. The minimum Gasteiger partial charge on any atom is -0.494 e. The van der Waals surface area contributed by atoms with Gasteiger partial charge in [0.15, 0.2) is 11.6 Å². The van der Waals surface area contributed by atoms with Crippen LogP contribution >= 0.6 is 11.3 Å². The Morgan fingerprint density at radius 3 is 2.68 bits per heavy atom. The van der Waals surface area contributed by atoms with Crippen LogP contribution in [0.5, 0.6) is 11.5 Å². The number of rotatable bonds is 5. The fourth-order valence-electron chi connectivity index (χ4n) is 3.53. The first-order valence-corrected chi connectivity index (χ1v) is 10.0. The van der Waals surface area contributed by atoms with E-state index >= 15 is 4.39 Å². The summed E-state index contributed by atoms with van der Waals surface area (Å²) in [4.78, 5) is 0. The van der Waals surface area contributed by atoms with E-state index in [2.05, 4.69) is 6.92 Å². The Balaban J connectivity index is 1.68. The third-order valence-electron chi connectivity index (χ3n) is 4.84. The molecular weight excluding hydrogens is 335 g/mol. The van der Waals surface area contributed by atoms with E-state index in [9.17, 15) is 0 Å². The average Bonchev–Trinajstić information content (AvgIpc) is 3.02. The first kappa shape index (κ1) is 16.6. The Morgan fingerprint density at radius 1 is 1.08 bits per heavy atom. The second kappa shape index (κ2) is 7.20. The number of hydrogen-bond donors (Lipinski definition) is 0. The monoisotopic (exact) mass is 358 g/mol. The summed E-state index contributed by atoms with van der Waals surface area (Å²) in [6.45, 7) is 2.78. The second-order valence-corrected chi connectivity index (χ2v) is 7.79. The standard InChI is InChI=1S/C21H23FO2S/c1-2-12-23-15-8-9-16-17-10-11-18(24-14-6-4-3-5-7-14)20(22)21(17)25-19(16)13-15/h8-11,13-14H,2-7,12H2,1H3. The number of fused-ring (bicyclic) bond motifs is 3. The smallest absolute Gasteiger partial charge is 0.182 e. The fraction of sp³-hybridized carbons (Fsp3) is 0.429. The number of thiophene rings is 1. The van der Waals surface area contributed by atoms with Crippen molar-refractivity contribution in [1.29, 1.82) is 0 Å². The zero-order valence-corrected chi connectivity index (χ0v) is 15.3. The van der Waals surface area contributed by atoms with Gasteiger partial charge in [-0.05, 0) is 62.4 Å². The minimum atomic E-state index is -0.222. The molecule has 0 bridgehead atoms. The maximum Gasteiger partial charge on any atom is 0.182 e. The lowest BCUT2D eigenvalue weighted by Gasteiger charge is -2.23. The van der Waals surface area contributed by atoms with Gasteiger partial charge in [0, 0.05) is 15.5 Å². The highest BCUT2D eigenvalue weighted by atomic mass is 32.1. The first-order chi connectivity index (χ1) is 12.3. The Morgan fingerprint density at radius 2 is 1.88 bits per heavy atom. The Labute approximate surface area is 151 Å². The van der Waals surface area contributed by atoms with E-state index < -0.39 is 0 Å². The summed E-state index contributed by atoms with van der Waals surface area (Å²) in [6.07, 6.45) is 6.81. The van der Waals surface area contributed by atoms with Gasteiger partial charge in [0.25, 0.3) is 0 Å². The summed E-state index contributed by atoms with van der Waals surface area (Å²) in [5.41, 5.74) is 0. The summed E-state index contributed by atoms with van der Waals surface area (Å²) >= 11 is 1.48. The van der Waals surface area contributed by atoms with Crippen molar-refractivity contribution in [3.8, 4) is 11.5 Å². The highest BCUT2D eigenvalue weighted by Crippen LogP contribution is 2.40. The molecule has 0 aliphatic heterocycles. The van der Waals surface area contributed by atoms with Gasteiger partial charge in [0.1, 0.15) is 5.75 Å². The fourth-order valence-corrected chi connectivity index (χ4v) is 4.69. The van der Waals surface area contributed by atoms with Crippen LogP contribution in [0.4, 0.5) is 4.39 Å². The molecular formula is C21H23FO2S. The van der Waals surface area contributed by atoms with E-state index in [1.54, 1.807) is 6.07 Å². The summed E-state index contributed by atoms with van der Waals surface area (Å²) in [5.74, 6) is 1.02. The highest BCUT2D eigenvalue weighted by Gasteiger charge is 2.19. The second-order valence-electron chi connectivity index (χ2n) is 6.74. The van der Waals surface area contributed by atoms with E-state index in [4.69, 9.17) is 9.47 Å². The Kier molecular flexibility index (Phi) is 4.80. The molecule has 0 spiro atoms. The van der Waals surface area contributed by atoms with Crippen LogP contribution in [0.15, 0.2) is 30.3 Å². The van der Waals surface area contributed by atoms with Gasteiger partial charge < -0.3 is 9.47 Å². The number of halogens is 1. The zero-order chi connectivity index (χ0) is 17.2. The van der Waals surface area contributed by atoms with Gasteiger partial charge in [-0.2, -0.15) is 0 Å². The lowest BCUT2D eigenvalue weighted by atomic mass is 9.98. The highest BCUT2D eigenvalue weighted by molar-refractivity contribution is 7.25. The molecule has 1 heterocycles. The molecule has 0 unspecified atom stereocenters. The molecule has 1 saturated carbocycles. The number of benzene rings is 2. The lowest BCUT2D eigenvalue weighted by molar-refractivity contribution is 0.149. The molecule has 3 aromatic rings. The minimum absolute atomic E-state index is 0.157. The van der Waals surface area contributed by atoms with E-state index in [-0.39, 0.29) is 11.9 Å². The maximum atomic E-state index is 15.0. The molecule has 1 aliphatic rings. The molecule has 1 aliphatic carbocycles. The predicted octanol–water partition coefficient (Wildman–Crippen LogP) is 6.69. The van der Waals surface area contributed by atoms with Gasteiger partial charge in [0.2, 0.25) is 0 Å². The molecule has 1 aromatic heterocycles. The summed E-state index contributed by atoms with van der Waals surface area (Å²) in [6, 6.07) is 9.79. The van der Waals surface area contributed by atoms with Crippen LogP contribution in [0.3, 0.4) is 0 Å². The third-order valence-corrected chi connectivity index (χ3v) is 6.00. The SMILES string of the molecule is CCCOc1ccc2c(c1)sc1c(F)c(OC3CCCCC3)ccc12. The van der Waals surface area contributed by atoms with E-state index in [0.717, 1.165) is 40.5 Å². The molecule has 0 atom stereocenters. The summed E-state index contributed by atoms with van der Waals surface area (Å²) < 4.78 is 28.4. The molecule has 25 heavy (non-hydrogen) atoms. The predicted molar refractivity (Wildman–Crippen MR) is 103 cm³/mol. The van der Waals surface area contributed by atoms with Crippen molar-refractivity contribution in [1.82, 2.24) is 0 Å². The largest absolute Gasteiger partial charge is 0.494 e. The van der Waals surface area contributed by atoms with Gasteiger partial charge in [-0.15, -0.1) is 11.3 Å². The Bertz CT molecular complexity index is 880. The van der Waals surface area contributed by atoms with Gasteiger partial charge in [-0.1, -0.05) is 13.3 Å².